The lowest BCUT2D eigenvalue weighted by atomic mass is 10.1. The number of anilines is 1. The number of hydrogen-bond donors (Lipinski definition) is 1. The van der Waals surface area contributed by atoms with Gasteiger partial charge < -0.3 is 10.1 Å². The molecule has 0 amide bonds. The summed E-state index contributed by atoms with van der Waals surface area (Å²) in [5.74, 6) is -1.13. The van der Waals surface area contributed by atoms with Crippen LogP contribution in [-0.4, -0.2) is 18.8 Å². The van der Waals surface area contributed by atoms with Crippen LogP contribution in [0.15, 0.2) is 18.2 Å². The first-order valence-electron chi connectivity index (χ1n) is 4.99. The molecule has 0 spiro atoms. The van der Waals surface area contributed by atoms with E-state index in [1.807, 2.05) is 6.92 Å². The summed E-state index contributed by atoms with van der Waals surface area (Å²) < 4.78 is 31.1. The Bertz CT molecular complexity index is 336. The quantitative estimate of drug-likeness (QED) is 0.815. The van der Waals surface area contributed by atoms with Gasteiger partial charge in [0.05, 0.1) is 12.1 Å². The summed E-state index contributed by atoms with van der Waals surface area (Å²) in [5.41, 5.74) is 0.467. The van der Waals surface area contributed by atoms with Crippen LogP contribution >= 0.6 is 0 Å². The maximum Gasteiger partial charge on any atom is 0.128 e. The summed E-state index contributed by atoms with van der Waals surface area (Å²) in [5, 5.41) is 3.07. The van der Waals surface area contributed by atoms with E-state index < -0.39 is 11.6 Å². The average Bonchev–Trinajstić information content (AvgIpc) is 2.50. The predicted octanol–water partition coefficient (Wildman–Crippen LogP) is 2.55. The third-order valence-electron chi connectivity index (χ3n) is 2.59. The summed E-state index contributed by atoms with van der Waals surface area (Å²) in [7, 11) is 0. The minimum absolute atomic E-state index is 0.0799. The highest BCUT2D eigenvalue weighted by Crippen LogP contribution is 2.20. The molecule has 2 rings (SSSR count). The van der Waals surface area contributed by atoms with Gasteiger partial charge in [0, 0.05) is 18.4 Å². The van der Waals surface area contributed by atoms with Crippen molar-refractivity contribution in [3.05, 3.63) is 29.8 Å². The Morgan fingerprint density at radius 2 is 1.93 bits per heavy atom. The van der Waals surface area contributed by atoms with Crippen molar-refractivity contribution in [2.24, 2.45) is 0 Å². The first kappa shape index (κ1) is 10.4. The van der Waals surface area contributed by atoms with E-state index in [-0.39, 0.29) is 12.1 Å². The van der Waals surface area contributed by atoms with Crippen molar-refractivity contribution < 1.29 is 13.5 Å². The maximum atomic E-state index is 12.9. The normalized spacial score (nSPS) is 25.5. The van der Waals surface area contributed by atoms with Crippen LogP contribution < -0.4 is 5.32 Å². The van der Waals surface area contributed by atoms with Gasteiger partial charge in [0.25, 0.3) is 0 Å². The van der Waals surface area contributed by atoms with Crippen LogP contribution in [0.2, 0.25) is 0 Å². The number of halogens is 2. The molecule has 1 saturated heterocycles. The molecule has 0 radical (unpaired) electrons. The van der Waals surface area contributed by atoms with Crippen LogP contribution in [0.5, 0.6) is 0 Å². The molecule has 1 aromatic rings. The Morgan fingerprint density at radius 3 is 2.47 bits per heavy atom. The van der Waals surface area contributed by atoms with Gasteiger partial charge in [0.2, 0.25) is 0 Å². The van der Waals surface area contributed by atoms with Gasteiger partial charge in [-0.05, 0) is 25.5 Å². The van der Waals surface area contributed by atoms with Crippen molar-refractivity contribution in [3.63, 3.8) is 0 Å². The summed E-state index contributed by atoms with van der Waals surface area (Å²) in [4.78, 5) is 0. The lowest BCUT2D eigenvalue weighted by Crippen LogP contribution is -2.26. The van der Waals surface area contributed by atoms with Crippen molar-refractivity contribution in [1.29, 1.82) is 0 Å². The van der Waals surface area contributed by atoms with E-state index in [9.17, 15) is 8.78 Å². The summed E-state index contributed by atoms with van der Waals surface area (Å²) >= 11 is 0. The third kappa shape index (κ3) is 2.45. The minimum atomic E-state index is -0.566. The Morgan fingerprint density at radius 1 is 1.27 bits per heavy atom. The lowest BCUT2D eigenvalue weighted by Gasteiger charge is -2.17. The number of rotatable bonds is 2. The highest BCUT2D eigenvalue weighted by Gasteiger charge is 2.23. The molecule has 1 fully saturated rings. The largest absolute Gasteiger partial charge is 0.379 e. The van der Waals surface area contributed by atoms with Gasteiger partial charge >= 0.3 is 0 Å². The topological polar surface area (TPSA) is 21.3 Å². The standard InChI is InChI=1S/C11H13F2NO/c1-7-11(2-3-15-7)14-10-5-8(12)4-9(13)6-10/h4-7,11,14H,2-3H2,1H3/t7-,11-/m1/s1. The van der Waals surface area contributed by atoms with Crippen LogP contribution in [0, 0.1) is 11.6 Å². The molecule has 1 heterocycles. The molecule has 2 nitrogen and oxygen atoms in total. The SMILES string of the molecule is C[C@H]1OCC[C@H]1Nc1cc(F)cc(F)c1. The molecule has 0 aliphatic carbocycles. The fraction of sp³-hybridized carbons (Fsp3) is 0.455. The van der Waals surface area contributed by atoms with Crippen LogP contribution in [0.25, 0.3) is 0 Å². The molecule has 0 unspecified atom stereocenters. The number of hydrogen-bond acceptors (Lipinski definition) is 2. The van der Waals surface area contributed by atoms with Crippen molar-refractivity contribution >= 4 is 5.69 Å². The summed E-state index contributed by atoms with van der Waals surface area (Å²) in [6.07, 6.45) is 0.940. The van der Waals surface area contributed by atoms with Crippen LogP contribution in [0.4, 0.5) is 14.5 Å². The monoisotopic (exact) mass is 213 g/mol. The molecule has 1 N–H and O–H groups in total. The van der Waals surface area contributed by atoms with Crippen molar-refractivity contribution in [2.45, 2.75) is 25.5 Å². The Balaban J connectivity index is 2.10. The Kier molecular flexibility index (Phi) is 2.86. The number of nitrogens with one attached hydrogen (secondary N) is 1. The zero-order valence-corrected chi connectivity index (χ0v) is 8.47. The lowest BCUT2D eigenvalue weighted by molar-refractivity contribution is 0.121. The predicted molar refractivity (Wildman–Crippen MR) is 53.8 cm³/mol. The van der Waals surface area contributed by atoms with Gasteiger partial charge in [0.1, 0.15) is 11.6 Å². The van der Waals surface area contributed by atoms with Crippen molar-refractivity contribution in [2.75, 3.05) is 11.9 Å². The van der Waals surface area contributed by atoms with Gasteiger partial charge in [-0.15, -0.1) is 0 Å². The molecule has 1 aliphatic rings. The van der Waals surface area contributed by atoms with Gasteiger partial charge in [-0.2, -0.15) is 0 Å². The highest BCUT2D eigenvalue weighted by molar-refractivity contribution is 5.45. The van der Waals surface area contributed by atoms with Gasteiger partial charge in [-0.1, -0.05) is 0 Å². The molecule has 0 aromatic heterocycles. The number of benzene rings is 1. The van der Waals surface area contributed by atoms with Crippen molar-refractivity contribution in [1.82, 2.24) is 0 Å². The van der Waals surface area contributed by atoms with E-state index in [4.69, 9.17) is 4.74 Å². The zero-order chi connectivity index (χ0) is 10.8. The highest BCUT2D eigenvalue weighted by atomic mass is 19.1. The molecule has 0 bridgehead atoms. The van der Waals surface area contributed by atoms with E-state index in [2.05, 4.69) is 5.32 Å². The Hall–Kier alpha value is -1.16. The van der Waals surface area contributed by atoms with E-state index in [1.54, 1.807) is 0 Å². The fourth-order valence-electron chi connectivity index (χ4n) is 1.77. The zero-order valence-electron chi connectivity index (χ0n) is 8.47. The first-order chi connectivity index (χ1) is 7.15. The second kappa shape index (κ2) is 4.14. The third-order valence-corrected chi connectivity index (χ3v) is 2.59. The van der Waals surface area contributed by atoms with Gasteiger partial charge in [-0.25, -0.2) is 8.78 Å². The molecule has 0 saturated carbocycles. The molecule has 1 aliphatic heterocycles. The van der Waals surface area contributed by atoms with E-state index in [1.165, 1.54) is 12.1 Å². The van der Waals surface area contributed by atoms with E-state index in [0.29, 0.717) is 12.3 Å². The molecular weight excluding hydrogens is 200 g/mol. The van der Waals surface area contributed by atoms with Crippen LogP contribution in [0.3, 0.4) is 0 Å². The second-order valence-corrected chi connectivity index (χ2v) is 3.77. The molecule has 82 valence electrons. The second-order valence-electron chi connectivity index (χ2n) is 3.77. The number of ether oxygens (including phenoxy) is 1. The average molecular weight is 213 g/mol. The molecule has 2 atom stereocenters. The minimum Gasteiger partial charge on any atom is -0.379 e. The maximum absolute atomic E-state index is 12.9. The van der Waals surface area contributed by atoms with Gasteiger partial charge in [-0.3, -0.25) is 0 Å². The molecule has 4 heteroatoms. The fourth-order valence-corrected chi connectivity index (χ4v) is 1.77. The summed E-state index contributed by atoms with van der Waals surface area (Å²) in [6.45, 7) is 2.64. The first-order valence-corrected chi connectivity index (χ1v) is 4.99. The Labute approximate surface area is 87.2 Å². The van der Waals surface area contributed by atoms with E-state index >= 15 is 0 Å². The van der Waals surface area contributed by atoms with E-state index in [0.717, 1.165) is 12.5 Å². The molecule has 1 aromatic carbocycles. The summed E-state index contributed by atoms with van der Waals surface area (Å²) in [6, 6.07) is 3.56. The van der Waals surface area contributed by atoms with Crippen LogP contribution in [0.1, 0.15) is 13.3 Å². The van der Waals surface area contributed by atoms with Crippen molar-refractivity contribution in [3.8, 4) is 0 Å². The van der Waals surface area contributed by atoms with Crippen LogP contribution in [-0.2, 0) is 4.74 Å². The smallest absolute Gasteiger partial charge is 0.128 e. The molecule has 15 heavy (non-hydrogen) atoms. The molecular formula is C11H13F2NO. The van der Waals surface area contributed by atoms with Gasteiger partial charge in [0.15, 0.2) is 0 Å².